The lowest BCUT2D eigenvalue weighted by atomic mass is 10.1. The molecule has 2 heterocycles. The third-order valence-electron chi connectivity index (χ3n) is 4.39. The zero-order chi connectivity index (χ0) is 23.8. The number of hydrogen-bond donors (Lipinski definition) is 1. The largest absolute Gasteiger partial charge is 0.435 e. The van der Waals surface area contributed by atoms with Gasteiger partial charge < -0.3 is 0 Å². The van der Waals surface area contributed by atoms with Crippen molar-refractivity contribution in [1.82, 2.24) is 24.7 Å². The van der Waals surface area contributed by atoms with Gasteiger partial charge >= 0.3 is 6.18 Å². The highest BCUT2D eigenvalue weighted by Crippen LogP contribution is 2.33. The molecule has 4 aromatic rings. The fraction of sp³-hybridized carbons (Fsp3) is 0.0526. The minimum atomic E-state index is -4.70. The first-order valence-corrected chi connectivity index (χ1v) is 9.82. The van der Waals surface area contributed by atoms with Gasteiger partial charge in [0.1, 0.15) is 0 Å². The number of non-ortho nitro benzene ring substituents is 1. The molecule has 0 radical (unpaired) electrons. The van der Waals surface area contributed by atoms with E-state index >= 15 is 0 Å². The molecular weight excluding hydrogens is 483 g/mol. The van der Waals surface area contributed by atoms with Crippen molar-refractivity contribution in [3.05, 3.63) is 85.8 Å². The molecule has 0 amide bonds. The molecule has 0 aliphatic rings. The van der Waals surface area contributed by atoms with Gasteiger partial charge in [-0.15, -0.1) is 5.10 Å². The molecule has 0 saturated heterocycles. The van der Waals surface area contributed by atoms with E-state index in [0.29, 0.717) is 16.1 Å². The van der Waals surface area contributed by atoms with Crippen LogP contribution < -0.4 is 0 Å². The number of H-pyrrole nitrogens is 1. The second kappa shape index (κ2) is 8.60. The monoisotopic (exact) mass is 493 g/mol. The molecule has 0 saturated carbocycles. The van der Waals surface area contributed by atoms with Gasteiger partial charge in [-0.2, -0.15) is 32.7 Å². The van der Waals surface area contributed by atoms with Crippen LogP contribution >= 0.6 is 23.8 Å². The van der Waals surface area contributed by atoms with Gasteiger partial charge in [0.2, 0.25) is 4.77 Å². The van der Waals surface area contributed by atoms with Gasteiger partial charge in [0.05, 0.1) is 16.8 Å². The van der Waals surface area contributed by atoms with Crippen molar-refractivity contribution in [2.45, 2.75) is 6.18 Å². The zero-order valence-electron chi connectivity index (χ0n) is 16.2. The highest BCUT2D eigenvalue weighted by atomic mass is 35.5. The first kappa shape index (κ1) is 22.4. The Hall–Kier alpha value is -3.84. The number of rotatable bonds is 5. The SMILES string of the molecule is O=[N+]([O-])c1ccc(/C=N/n2c(-n3nc(C(F)(F)F)cc3-c3ccc(Cl)cc3)n[nH]c2=S)cc1. The molecule has 168 valence electrons. The molecule has 2 aromatic carbocycles. The summed E-state index contributed by atoms with van der Waals surface area (Å²) >= 11 is 11.1. The number of alkyl halides is 3. The van der Waals surface area contributed by atoms with Crippen molar-refractivity contribution >= 4 is 35.7 Å². The van der Waals surface area contributed by atoms with Crippen molar-refractivity contribution in [3.63, 3.8) is 0 Å². The van der Waals surface area contributed by atoms with E-state index in [1.165, 1.54) is 42.6 Å². The highest BCUT2D eigenvalue weighted by Gasteiger charge is 2.36. The molecule has 1 N–H and O–H groups in total. The summed E-state index contributed by atoms with van der Waals surface area (Å²) in [4.78, 5) is 10.2. The topological polar surface area (TPSA) is 107 Å². The lowest BCUT2D eigenvalue weighted by Crippen LogP contribution is -2.10. The van der Waals surface area contributed by atoms with Crippen LogP contribution in [0.25, 0.3) is 17.2 Å². The van der Waals surface area contributed by atoms with Crippen molar-refractivity contribution in [2.24, 2.45) is 5.10 Å². The first-order valence-electron chi connectivity index (χ1n) is 9.03. The van der Waals surface area contributed by atoms with Gasteiger partial charge in [-0.1, -0.05) is 23.7 Å². The maximum absolute atomic E-state index is 13.4. The Balaban J connectivity index is 1.80. The number of nitrogens with one attached hydrogen (secondary N) is 1. The van der Waals surface area contributed by atoms with E-state index in [2.05, 4.69) is 20.4 Å². The quantitative estimate of drug-likeness (QED) is 0.177. The van der Waals surface area contributed by atoms with Crippen LogP contribution in [-0.2, 0) is 6.18 Å². The lowest BCUT2D eigenvalue weighted by Gasteiger charge is -2.06. The van der Waals surface area contributed by atoms with Gasteiger partial charge in [-0.05, 0) is 48.1 Å². The summed E-state index contributed by atoms with van der Waals surface area (Å²) in [5.41, 5.74) is -0.255. The van der Waals surface area contributed by atoms with Crippen LogP contribution in [0, 0.1) is 14.9 Å². The van der Waals surface area contributed by atoms with Gasteiger partial charge in [0, 0.05) is 22.7 Å². The van der Waals surface area contributed by atoms with E-state index in [1.807, 2.05) is 0 Å². The summed E-state index contributed by atoms with van der Waals surface area (Å²) in [7, 11) is 0. The highest BCUT2D eigenvalue weighted by molar-refractivity contribution is 7.71. The number of nitro benzene ring substituents is 1. The molecular formula is C19H11ClF3N7O2S. The zero-order valence-corrected chi connectivity index (χ0v) is 17.8. The Morgan fingerprint density at radius 3 is 2.42 bits per heavy atom. The van der Waals surface area contributed by atoms with Gasteiger partial charge in [0.15, 0.2) is 5.69 Å². The minimum absolute atomic E-state index is 0.00530. The summed E-state index contributed by atoms with van der Waals surface area (Å²) in [6.45, 7) is 0. The predicted octanol–water partition coefficient (Wildman–Crippen LogP) is 5.26. The molecule has 4 rings (SSSR count). The third-order valence-corrected chi connectivity index (χ3v) is 4.90. The van der Waals surface area contributed by atoms with Gasteiger partial charge in [0.25, 0.3) is 11.6 Å². The van der Waals surface area contributed by atoms with Crippen molar-refractivity contribution in [3.8, 4) is 17.2 Å². The standard InChI is InChI=1S/C19H11ClF3N7O2S/c20-13-5-3-12(4-6-13)15-9-16(19(21,22)23)27-28(15)17-25-26-18(33)29(17)24-10-11-1-7-14(8-2-11)30(31)32/h1-10H,(H,26,33)/b24-10+. The molecule has 0 spiro atoms. The van der Waals surface area contributed by atoms with Crippen LogP contribution in [0.4, 0.5) is 18.9 Å². The average molecular weight is 494 g/mol. The summed E-state index contributed by atoms with van der Waals surface area (Å²) in [6.07, 6.45) is -3.37. The summed E-state index contributed by atoms with van der Waals surface area (Å²) in [5.74, 6) is -0.126. The number of aromatic amines is 1. The number of halogens is 4. The Morgan fingerprint density at radius 2 is 1.82 bits per heavy atom. The van der Waals surface area contributed by atoms with Gasteiger partial charge in [-0.3, -0.25) is 10.1 Å². The van der Waals surface area contributed by atoms with E-state index < -0.39 is 16.8 Å². The molecule has 0 fully saturated rings. The van der Waals surface area contributed by atoms with E-state index in [1.54, 1.807) is 12.1 Å². The third kappa shape index (κ3) is 4.68. The smallest absolute Gasteiger partial charge is 0.258 e. The first-order chi connectivity index (χ1) is 15.6. The maximum atomic E-state index is 13.4. The minimum Gasteiger partial charge on any atom is -0.258 e. The molecule has 9 nitrogen and oxygen atoms in total. The second-order valence-corrected chi connectivity index (χ2v) is 7.39. The normalized spacial score (nSPS) is 11.9. The lowest BCUT2D eigenvalue weighted by molar-refractivity contribution is -0.384. The van der Waals surface area contributed by atoms with Gasteiger partial charge in [-0.25, -0.2) is 5.10 Å². The molecule has 0 aliphatic carbocycles. The number of benzene rings is 2. The van der Waals surface area contributed by atoms with E-state index in [0.717, 1.165) is 15.4 Å². The van der Waals surface area contributed by atoms with Crippen molar-refractivity contribution in [2.75, 3.05) is 0 Å². The fourth-order valence-corrected chi connectivity index (χ4v) is 3.13. The number of nitro groups is 1. The van der Waals surface area contributed by atoms with Crippen LogP contribution in [0.1, 0.15) is 11.3 Å². The second-order valence-electron chi connectivity index (χ2n) is 6.57. The van der Waals surface area contributed by atoms with Crippen LogP contribution in [0.2, 0.25) is 5.02 Å². The molecule has 0 unspecified atom stereocenters. The molecule has 33 heavy (non-hydrogen) atoms. The summed E-state index contributed by atoms with van der Waals surface area (Å²) in [6, 6.07) is 12.5. The fourth-order valence-electron chi connectivity index (χ4n) is 2.83. The molecule has 0 aliphatic heterocycles. The number of hydrogen-bond acceptors (Lipinski definition) is 6. The number of nitrogens with zero attached hydrogens (tertiary/aromatic N) is 6. The Bertz CT molecular complexity index is 1410. The molecule has 0 bridgehead atoms. The number of aromatic nitrogens is 5. The van der Waals surface area contributed by atoms with Crippen LogP contribution in [0.5, 0.6) is 0 Å². The van der Waals surface area contributed by atoms with Crippen LogP contribution in [0.3, 0.4) is 0 Å². The van der Waals surface area contributed by atoms with Crippen LogP contribution in [-0.4, -0.2) is 35.8 Å². The van der Waals surface area contributed by atoms with Crippen molar-refractivity contribution in [1.29, 1.82) is 0 Å². The molecule has 2 aromatic heterocycles. The predicted molar refractivity (Wildman–Crippen MR) is 116 cm³/mol. The maximum Gasteiger partial charge on any atom is 0.435 e. The Labute approximate surface area is 192 Å². The summed E-state index contributed by atoms with van der Waals surface area (Å²) in [5, 5.41) is 25.5. The van der Waals surface area contributed by atoms with Crippen LogP contribution in [0.15, 0.2) is 59.7 Å². The summed E-state index contributed by atoms with van der Waals surface area (Å²) < 4.78 is 42.3. The van der Waals surface area contributed by atoms with E-state index in [9.17, 15) is 23.3 Å². The van der Waals surface area contributed by atoms with E-state index in [4.69, 9.17) is 23.8 Å². The molecule has 0 atom stereocenters. The Kier molecular flexibility index (Phi) is 5.82. The Morgan fingerprint density at radius 1 is 1.15 bits per heavy atom. The molecule has 14 heteroatoms. The van der Waals surface area contributed by atoms with Crippen molar-refractivity contribution < 1.29 is 18.1 Å². The average Bonchev–Trinajstić information content (AvgIpc) is 3.37. The van der Waals surface area contributed by atoms with E-state index in [-0.39, 0.29) is 22.1 Å².